The zero-order chi connectivity index (χ0) is 6.97. The summed E-state index contributed by atoms with van der Waals surface area (Å²) in [7, 11) is 0. The average Bonchev–Trinajstić information content (AvgIpc) is 2.27. The van der Waals surface area contributed by atoms with Gasteiger partial charge in [0.25, 0.3) is 0 Å². The molecular formula is C10H13N. The molecule has 0 spiro atoms. The van der Waals surface area contributed by atoms with E-state index >= 15 is 0 Å². The summed E-state index contributed by atoms with van der Waals surface area (Å²) in [5, 5.41) is 1.29. The smallest absolute Gasteiger partial charge is 0.0455 e. The van der Waals surface area contributed by atoms with Crippen molar-refractivity contribution in [2.24, 2.45) is 0 Å². The Labute approximate surface area is 67.1 Å². The van der Waals surface area contributed by atoms with E-state index in [4.69, 9.17) is 0 Å². The normalized spacial score (nSPS) is 9.55. The Hall–Kier alpha value is -1.24. The fourth-order valence-corrected chi connectivity index (χ4v) is 1.22. The highest BCUT2D eigenvalue weighted by Gasteiger charge is 1.92. The molecule has 1 aromatic carbocycles. The first-order valence-electron chi connectivity index (χ1n) is 3.40. The van der Waals surface area contributed by atoms with Gasteiger partial charge in [-0.15, -0.1) is 0 Å². The Morgan fingerprint density at radius 1 is 1.18 bits per heavy atom. The first-order valence-corrected chi connectivity index (χ1v) is 3.40. The van der Waals surface area contributed by atoms with Gasteiger partial charge in [-0.25, -0.2) is 0 Å². The van der Waals surface area contributed by atoms with Crippen LogP contribution in [0, 0.1) is 6.92 Å². The largest absolute Gasteiger partial charge is 0.359 e. The van der Waals surface area contributed by atoms with Crippen LogP contribution >= 0.6 is 0 Å². The Balaban J connectivity index is 0.000000605. The Bertz CT molecular complexity index is 313. The molecule has 0 unspecified atom stereocenters. The van der Waals surface area contributed by atoms with Crippen LogP contribution < -0.4 is 0 Å². The Kier molecular flexibility index (Phi) is 1.99. The second-order valence-electron chi connectivity index (χ2n) is 2.54. The van der Waals surface area contributed by atoms with Crippen LogP contribution in [-0.4, -0.2) is 4.98 Å². The molecule has 1 aromatic heterocycles. The molecule has 0 aliphatic heterocycles. The molecule has 11 heavy (non-hydrogen) atoms. The van der Waals surface area contributed by atoms with Gasteiger partial charge in [-0.05, 0) is 24.4 Å². The van der Waals surface area contributed by atoms with Crippen molar-refractivity contribution in [2.75, 3.05) is 0 Å². The highest BCUT2D eigenvalue weighted by molar-refractivity contribution is 5.79. The van der Waals surface area contributed by atoms with Gasteiger partial charge >= 0.3 is 0 Å². The molecule has 58 valence electrons. The van der Waals surface area contributed by atoms with Crippen molar-refractivity contribution in [2.45, 2.75) is 14.4 Å². The molecule has 0 bridgehead atoms. The molecule has 2 rings (SSSR count). The monoisotopic (exact) mass is 147 g/mol. The standard InChI is InChI=1S/C9H9N.CH4/c1-7-6-8-4-2-3-5-9(8)10-7;/h2-6,10H,1H3;1H4. The van der Waals surface area contributed by atoms with Gasteiger partial charge in [-0.1, -0.05) is 25.6 Å². The van der Waals surface area contributed by atoms with Crippen LogP contribution in [0.15, 0.2) is 30.3 Å². The van der Waals surface area contributed by atoms with Crippen LogP contribution in [0.5, 0.6) is 0 Å². The van der Waals surface area contributed by atoms with E-state index in [0.29, 0.717) is 0 Å². The van der Waals surface area contributed by atoms with Crippen LogP contribution in [0.4, 0.5) is 0 Å². The third-order valence-electron chi connectivity index (χ3n) is 1.66. The van der Waals surface area contributed by atoms with Crippen molar-refractivity contribution in [3.05, 3.63) is 36.0 Å². The number of H-pyrrole nitrogens is 1. The summed E-state index contributed by atoms with van der Waals surface area (Å²) in [4.78, 5) is 3.26. The summed E-state index contributed by atoms with van der Waals surface area (Å²) >= 11 is 0. The minimum Gasteiger partial charge on any atom is -0.359 e. The fourth-order valence-electron chi connectivity index (χ4n) is 1.22. The second-order valence-corrected chi connectivity index (χ2v) is 2.54. The highest BCUT2D eigenvalue weighted by atomic mass is 14.7. The van der Waals surface area contributed by atoms with Gasteiger partial charge in [0.2, 0.25) is 0 Å². The molecule has 2 aromatic rings. The summed E-state index contributed by atoms with van der Waals surface area (Å²) in [6, 6.07) is 10.4. The number of benzene rings is 1. The number of hydrogen-bond donors (Lipinski definition) is 1. The van der Waals surface area contributed by atoms with Crippen molar-refractivity contribution < 1.29 is 0 Å². The van der Waals surface area contributed by atoms with Gasteiger partial charge in [0.15, 0.2) is 0 Å². The first kappa shape index (κ1) is 7.86. The van der Waals surface area contributed by atoms with E-state index in [1.165, 1.54) is 16.6 Å². The molecule has 1 heteroatoms. The van der Waals surface area contributed by atoms with E-state index in [9.17, 15) is 0 Å². The van der Waals surface area contributed by atoms with E-state index in [1.807, 2.05) is 6.07 Å². The topological polar surface area (TPSA) is 15.8 Å². The maximum atomic E-state index is 3.26. The fraction of sp³-hybridized carbons (Fsp3) is 0.200. The summed E-state index contributed by atoms with van der Waals surface area (Å²) in [6.45, 7) is 2.07. The zero-order valence-electron chi connectivity index (χ0n) is 5.89. The van der Waals surface area contributed by atoms with Crippen molar-refractivity contribution >= 4 is 10.9 Å². The van der Waals surface area contributed by atoms with Crippen molar-refractivity contribution in [1.29, 1.82) is 0 Å². The highest BCUT2D eigenvalue weighted by Crippen LogP contribution is 2.12. The number of para-hydroxylation sites is 1. The lowest BCUT2D eigenvalue weighted by Crippen LogP contribution is -1.65. The summed E-state index contributed by atoms with van der Waals surface area (Å²) < 4.78 is 0. The van der Waals surface area contributed by atoms with Gasteiger partial charge in [0.1, 0.15) is 0 Å². The van der Waals surface area contributed by atoms with E-state index < -0.39 is 0 Å². The summed E-state index contributed by atoms with van der Waals surface area (Å²) in [5.41, 5.74) is 2.45. The third kappa shape index (κ3) is 1.27. The minimum atomic E-state index is 0. The van der Waals surface area contributed by atoms with E-state index in [1.54, 1.807) is 0 Å². The quantitative estimate of drug-likeness (QED) is 0.589. The van der Waals surface area contributed by atoms with Crippen molar-refractivity contribution in [3.63, 3.8) is 0 Å². The van der Waals surface area contributed by atoms with Gasteiger partial charge < -0.3 is 4.98 Å². The number of aromatic amines is 1. The zero-order valence-corrected chi connectivity index (χ0v) is 5.89. The predicted molar refractivity (Wildman–Crippen MR) is 49.8 cm³/mol. The van der Waals surface area contributed by atoms with E-state index in [0.717, 1.165) is 0 Å². The van der Waals surface area contributed by atoms with Crippen LogP contribution in [0.25, 0.3) is 10.9 Å². The second kappa shape index (κ2) is 2.79. The van der Waals surface area contributed by atoms with Crippen molar-refractivity contribution in [1.82, 2.24) is 4.98 Å². The molecule has 0 atom stereocenters. The first-order chi connectivity index (χ1) is 4.86. The molecule has 1 N–H and O–H groups in total. The van der Waals surface area contributed by atoms with E-state index in [-0.39, 0.29) is 7.43 Å². The molecule has 0 aliphatic rings. The van der Waals surface area contributed by atoms with Gasteiger partial charge in [-0.3, -0.25) is 0 Å². The minimum absolute atomic E-state index is 0. The maximum Gasteiger partial charge on any atom is 0.0455 e. The van der Waals surface area contributed by atoms with Crippen molar-refractivity contribution in [3.8, 4) is 0 Å². The number of fused-ring (bicyclic) bond motifs is 1. The number of rotatable bonds is 0. The molecule has 1 nitrogen and oxygen atoms in total. The van der Waals surface area contributed by atoms with Crippen LogP contribution in [-0.2, 0) is 0 Å². The number of aryl methyl sites for hydroxylation is 1. The molecule has 0 saturated carbocycles. The van der Waals surface area contributed by atoms with Gasteiger partial charge in [-0.2, -0.15) is 0 Å². The van der Waals surface area contributed by atoms with E-state index in [2.05, 4.69) is 36.2 Å². The SMILES string of the molecule is C.Cc1cc2ccccc2[nH]1. The van der Waals surface area contributed by atoms with Crippen LogP contribution in [0.1, 0.15) is 13.1 Å². The molecule has 0 fully saturated rings. The summed E-state index contributed by atoms with van der Waals surface area (Å²) in [6.07, 6.45) is 0. The number of hydrogen-bond acceptors (Lipinski definition) is 0. The third-order valence-corrected chi connectivity index (χ3v) is 1.66. The lowest BCUT2D eigenvalue weighted by atomic mass is 10.2. The average molecular weight is 147 g/mol. The van der Waals surface area contributed by atoms with Gasteiger partial charge in [0, 0.05) is 11.2 Å². The lowest BCUT2D eigenvalue weighted by Gasteiger charge is -1.83. The molecule has 0 aliphatic carbocycles. The molecule has 0 saturated heterocycles. The lowest BCUT2D eigenvalue weighted by molar-refractivity contribution is 1.30. The maximum absolute atomic E-state index is 3.26. The van der Waals surface area contributed by atoms with Gasteiger partial charge in [0.05, 0.1) is 0 Å². The predicted octanol–water partition coefficient (Wildman–Crippen LogP) is 3.11. The summed E-state index contributed by atoms with van der Waals surface area (Å²) in [5.74, 6) is 0. The Morgan fingerprint density at radius 2 is 1.91 bits per heavy atom. The molecule has 0 radical (unpaired) electrons. The van der Waals surface area contributed by atoms with Crippen LogP contribution in [0.3, 0.4) is 0 Å². The molecule has 1 heterocycles. The number of aromatic nitrogens is 1. The van der Waals surface area contributed by atoms with Crippen LogP contribution in [0.2, 0.25) is 0 Å². The number of nitrogens with one attached hydrogen (secondary N) is 1. The Morgan fingerprint density at radius 3 is 2.64 bits per heavy atom. The molecular weight excluding hydrogens is 134 g/mol. The molecule has 0 amide bonds.